The number of nitrogens with zero attached hydrogens (tertiary/aromatic N) is 1. The molecule has 5 nitrogen and oxygen atoms in total. The van der Waals surface area contributed by atoms with Crippen molar-refractivity contribution in [2.45, 2.75) is 19.4 Å². The van der Waals surface area contributed by atoms with E-state index in [1.165, 1.54) is 0 Å². The summed E-state index contributed by atoms with van der Waals surface area (Å²) in [4.78, 5) is 23.7. The van der Waals surface area contributed by atoms with E-state index in [-0.39, 0.29) is 6.61 Å². The van der Waals surface area contributed by atoms with Crippen molar-refractivity contribution >= 4 is 17.4 Å². The summed E-state index contributed by atoms with van der Waals surface area (Å²) in [6, 6.07) is 7.81. The molecule has 1 aromatic rings. The summed E-state index contributed by atoms with van der Waals surface area (Å²) in [5.41, 5.74) is 2.03. The van der Waals surface area contributed by atoms with Crippen LogP contribution in [-0.2, 0) is 20.9 Å². The Labute approximate surface area is 111 Å². The van der Waals surface area contributed by atoms with Gasteiger partial charge >= 0.3 is 5.97 Å². The molecule has 1 aliphatic heterocycles. The Hall–Kier alpha value is -1.88. The lowest BCUT2D eigenvalue weighted by Gasteiger charge is -2.28. The number of rotatable bonds is 5. The van der Waals surface area contributed by atoms with Gasteiger partial charge in [-0.2, -0.15) is 0 Å². The van der Waals surface area contributed by atoms with Crippen LogP contribution in [0.1, 0.15) is 18.4 Å². The second-order valence-corrected chi connectivity index (χ2v) is 4.58. The fourth-order valence-corrected chi connectivity index (χ4v) is 2.07. The highest BCUT2D eigenvalue weighted by Gasteiger charge is 2.16. The minimum absolute atomic E-state index is 0.282. The van der Waals surface area contributed by atoms with Crippen LogP contribution in [0.2, 0.25) is 0 Å². The molecule has 0 saturated carbocycles. The minimum Gasteiger partial charge on any atom is -0.480 e. The molecule has 0 atom stereocenters. The van der Waals surface area contributed by atoms with E-state index in [0.29, 0.717) is 25.2 Å². The van der Waals surface area contributed by atoms with Gasteiger partial charge in [0.2, 0.25) is 0 Å². The standard InChI is InChI=1S/C14H17NO4/c16-13-5-7-15(8-6-13)12-3-1-11(2-4-12)9-19-10-14(17)18/h1-4H,5-10H2,(H,17,18). The third kappa shape index (κ3) is 4.06. The van der Waals surface area contributed by atoms with Crippen LogP contribution in [0.4, 0.5) is 5.69 Å². The van der Waals surface area contributed by atoms with Crippen LogP contribution >= 0.6 is 0 Å². The highest BCUT2D eigenvalue weighted by Crippen LogP contribution is 2.19. The molecule has 19 heavy (non-hydrogen) atoms. The molecule has 0 amide bonds. The summed E-state index contributed by atoms with van der Waals surface area (Å²) in [5.74, 6) is -0.635. The van der Waals surface area contributed by atoms with E-state index < -0.39 is 5.97 Å². The van der Waals surface area contributed by atoms with Crippen LogP contribution < -0.4 is 4.90 Å². The van der Waals surface area contributed by atoms with Gasteiger partial charge in [0, 0.05) is 31.6 Å². The molecule has 0 radical (unpaired) electrons. The predicted octanol–water partition coefficient (Wildman–Crippen LogP) is 1.46. The third-order valence-corrected chi connectivity index (χ3v) is 3.12. The summed E-state index contributed by atoms with van der Waals surface area (Å²) >= 11 is 0. The summed E-state index contributed by atoms with van der Waals surface area (Å²) in [7, 11) is 0. The molecule has 1 aromatic carbocycles. The van der Waals surface area contributed by atoms with E-state index in [0.717, 1.165) is 24.3 Å². The number of ketones is 1. The fourth-order valence-electron chi connectivity index (χ4n) is 2.07. The smallest absolute Gasteiger partial charge is 0.329 e. The number of carboxylic acids is 1. The zero-order valence-corrected chi connectivity index (χ0v) is 10.7. The van der Waals surface area contributed by atoms with E-state index in [4.69, 9.17) is 9.84 Å². The maximum atomic E-state index is 11.2. The topological polar surface area (TPSA) is 66.8 Å². The molecule has 1 N–H and O–H groups in total. The Morgan fingerprint density at radius 3 is 2.42 bits per heavy atom. The van der Waals surface area contributed by atoms with E-state index in [1.54, 1.807) is 0 Å². The number of carbonyl (C=O) groups excluding carboxylic acids is 1. The fraction of sp³-hybridized carbons (Fsp3) is 0.429. The van der Waals surface area contributed by atoms with Gasteiger partial charge < -0.3 is 14.7 Å². The van der Waals surface area contributed by atoms with Gasteiger partial charge in [0.05, 0.1) is 6.61 Å². The molecule has 1 saturated heterocycles. The molecule has 0 spiro atoms. The zero-order chi connectivity index (χ0) is 13.7. The van der Waals surface area contributed by atoms with Gasteiger partial charge in [0.15, 0.2) is 0 Å². The first kappa shape index (κ1) is 13.5. The number of carboxylic acid groups (broad SMARTS) is 1. The van der Waals surface area contributed by atoms with Crippen LogP contribution in [0.25, 0.3) is 0 Å². The second kappa shape index (κ2) is 6.33. The largest absolute Gasteiger partial charge is 0.480 e. The molecule has 2 rings (SSSR count). The highest BCUT2D eigenvalue weighted by atomic mass is 16.5. The maximum Gasteiger partial charge on any atom is 0.329 e. The van der Waals surface area contributed by atoms with Crippen molar-refractivity contribution in [2.75, 3.05) is 24.6 Å². The minimum atomic E-state index is -0.963. The highest BCUT2D eigenvalue weighted by molar-refractivity contribution is 5.81. The number of piperidine rings is 1. The van der Waals surface area contributed by atoms with Gasteiger partial charge in [-0.1, -0.05) is 12.1 Å². The van der Waals surface area contributed by atoms with Gasteiger partial charge in [-0.15, -0.1) is 0 Å². The monoisotopic (exact) mass is 263 g/mol. The third-order valence-electron chi connectivity index (χ3n) is 3.12. The summed E-state index contributed by atoms with van der Waals surface area (Å²) in [5, 5.41) is 8.47. The first-order chi connectivity index (χ1) is 9.15. The lowest BCUT2D eigenvalue weighted by atomic mass is 10.1. The van der Waals surface area contributed by atoms with Crippen molar-refractivity contribution < 1.29 is 19.4 Å². The van der Waals surface area contributed by atoms with Crippen molar-refractivity contribution in [3.05, 3.63) is 29.8 Å². The normalized spacial score (nSPS) is 15.6. The molecule has 102 valence electrons. The van der Waals surface area contributed by atoms with Crippen molar-refractivity contribution in [3.8, 4) is 0 Å². The van der Waals surface area contributed by atoms with Crippen molar-refractivity contribution in [1.29, 1.82) is 0 Å². The number of hydrogen-bond acceptors (Lipinski definition) is 4. The summed E-state index contributed by atoms with van der Waals surface area (Å²) in [6.45, 7) is 1.56. The Kier molecular flexibility index (Phi) is 4.52. The van der Waals surface area contributed by atoms with Crippen molar-refractivity contribution in [1.82, 2.24) is 0 Å². The van der Waals surface area contributed by atoms with E-state index in [1.807, 2.05) is 24.3 Å². The van der Waals surface area contributed by atoms with Gasteiger partial charge in [-0.05, 0) is 17.7 Å². The molecule has 1 heterocycles. The number of hydrogen-bond donors (Lipinski definition) is 1. The van der Waals surface area contributed by atoms with Crippen molar-refractivity contribution in [3.63, 3.8) is 0 Å². The Morgan fingerprint density at radius 1 is 1.21 bits per heavy atom. The number of carbonyl (C=O) groups is 2. The van der Waals surface area contributed by atoms with Gasteiger partial charge in [0.25, 0.3) is 0 Å². The Balaban J connectivity index is 1.87. The number of anilines is 1. The van der Waals surface area contributed by atoms with Crippen LogP contribution in [0, 0.1) is 0 Å². The number of ether oxygens (including phenoxy) is 1. The van der Waals surface area contributed by atoms with Crippen LogP contribution in [0.5, 0.6) is 0 Å². The molecular formula is C14H17NO4. The lowest BCUT2D eigenvalue weighted by Crippen LogP contribution is -2.33. The van der Waals surface area contributed by atoms with Crippen molar-refractivity contribution in [2.24, 2.45) is 0 Å². The average molecular weight is 263 g/mol. The summed E-state index contributed by atoms with van der Waals surface area (Å²) in [6.07, 6.45) is 1.23. The van der Waals surface area contributed by atoms with Crippen LogP contribution in [0.15, 0.2) is 24.3 Å². The molecular weight excluding hydrogens is 246 g/mol. The number of benzene rings is 1. The molecule has 0 unspecified atom stereocenters. The first-order valence-electron chi connectivity index (χ1n) is 6.30. The lowest BCUT2D eigenvalue weighted by molar-refractivity contribution is -0.142. The van der Waals surface area contributed by atoms with E-state index >= 15 is 0 Å². The average Bonchev–Trinajstić information content (AvgIpc) is 2.40. The predicted molar refractivity (Wildman–Crippen MR) is 70.2 cm³/mol. The van der Waals surface area contributed by atoms with E-state index in [2.05, 4.69) is 4.90 Å². The SMILES string of the molecule is O=C(O)COCc1ccc(N2CCC(=O)CC2)cc1. The molecule has 5 heteroatoms. The number of Topliss-reactive ketones (excluding diaryl/α,β-unsaturated/α-hetero) is 1. The zero-order valence-electron chi connectivity index (χ0n) is 10.7. The second-order valence-electron chi connectivity index (χ2n) is 4.58. The first-order valence-corrected chi connectivity index (χ1v) is 6.30. The van der Waals surface area contributed by atoms with Gasteiger partial charge in [0.1, 0.15) is 12.4 Å². The number of aliphatic carboxylic acids is 1. The van der Waals surface area contributed by atoms with Crippen LogP contribution in [0.3, 0.4) is 0 Å². The van der Waals surface area contributed by atoms with Gasteiger partial charge in [-0.25, -0.2) is 4.79 Å². The quantitative estimate of drug-likeness (QED) is 0.871. The molecule has 0 bridgehead atoms. The molecule has 0 aromatic heterocycles. The van der Waals surface area contributed by atoms with Gasteiger partial charge in [-0.3, -0.25) is 4.79 Å². The van der Waals surface area contributed by atoms with Crippen LogP contribution in [-0.4, -0.2) is 36.6 Å². The maximum absolute atomic E-state index is 11.2. The molecule has 1 fully saturated rings. The Morgan fingerprint density at radius 2 is 1.84 bits per heavy atom. The summed E-state index contributed by atoms with van der Waals surface area (Å²) < 4.78 is 5.02. The van der Waals surface area contributed by atoms with E-state index in [9.17, 15) is 9.59 Å². The Bertz CT molecular complexity index is 445. The molecule has 1 aliphatic rings. The molecule has 0 aliphatic carbocycles.